The maximum atomic E-state index is 13.6. The highest BCUT2D eigenvalue weighted by Gasteiger charge is 2.25. The maximum absolute atomic E-state index is 13.6. The molecule has 4 nitrogen and oxygen atoms in total. The molecular weight excluding hydrogens is 394 g/mol. The van der Waals surface area contributed by atoms with E-state index in [2.05, 4.69) is 74.0 Å². The van der Waals surface area contributed by atoms with Gasteiger partial charge >= 0.3 is 0 Å². The second-order valence-corrected chi connectivity index (χ2v) is 9.38. The fourth-order valence-electron chi connectivity index (χ4n) is 4.91. The third-order valence-electron chi connectivity index (χ3n) is 6.25. The first-order valence-electron chi connectivity index (χ1n) is 11.5. The fraction of sp³-hybridized carbons (Fsp3) is 0.357. The Morgan fingerprint density at radius 1 is 0.906 bits per heavy atom. The maximum Gasteiger partial charge on any atom is 0.170 e. The predicted molar refractivity (Wildman–Crippen MR) is 133 cm³/mol. The van der Waals surface area contributed by atoms with Crippen LogP contribution in [-0.4, -0.2) is 29.9 Å². The second kappa shape index (κ2) is 9.25. The number of nitrogens with two attached hydrogens (primary N) is 1. The van der Waals surface area contributed by atoms with Gasteiger partial charge in [-0.1, -0.05) is 58.7 Å². The van der Waals surface area contributed by atoms with E-state index >= 15 is 0 Å². The molecule has 1 aliphatic rings. The van der Waals surface area contributed by atoms with Gasteiger partial charge in [0.1, 0.15) is 0 Å². The molecule has 1 aliphatic heterocycles. The Kier molecular flexibility index (Phi) is 6.43. The summed E-state index contributed by atoms with van der Waals surface area (Å²) in [6.07, 6.45) is 5.90. The Balaban J connectivity index is 1.80. The molecule has 2 N–H and O–H groups in total. The number of nitrogens with zero attached hydrogens (tertiary/aromatic N) is 2. The van der Waals surface area contributed by atoms with E-state index in [9.17, 15) is 4.79 Å². The van der Waals surface area contributed by atoms with E-state index in [0.29, 0.717) is 12.0 Å². The lowest BCUT2D eigenvalue weighted by Crippen LogP contribution is -2.40. The van der Waals surface area contributed by atoms with Crippen molar-refractivity contribution in [2.45, 2.75) is 53.0 Å². The monoisotopic (exact) mass is 427 g/mol. The molecule has 4 rings (SSSR count). The fourth-order valence-corrected chi connectivity index (χ4v) is 4.91. The van der Waals surface area contributed by atoms with Crippen LogP contribution in [0.1, 0.15) is 51.0 Å². The summed E-state index contributed by atoms with van der Waals surface area (Å²) in [5.74, 6) is 0.110. The predicted octanol–water partition coefficient (Wildman–Crippen LogP) is 5.34. The zero-order chi connectivity index (χ0) is 22.8. The van der Waals surface area contributed by atoms with Crippen molar-refractivity contribution in [2.24, 2.45) is 5.73 Å². The zero-order valence-electron chi connectivity index (χ0n) is 19.6. The van der Waals surface area contributed by atoms with E-state index in [1.54, 1.807) is 6.20 Å². The molecule has 3 aromatic rings. The molecule has 0 amide bonds. The van der Waals surface area contributed by atoms with Gasteiger partial charge in [-0.25, -0.2) is 0 Å². The van der Waals surface area contributed by atoms with Gasteiger partial charge in [0.05, 0.1) is 11.3 Å². The third-order valence-corrected chi connectivity index (χ3v) is 6.25. The minimum atomic E-state index is 0.110. The third kappa shape index (κ3) is 4.91. The van der Waals surface area contributed by atoms with Crippen molar-refractivity contribution in [1.82, 2.24) is 4.98 Å². The molecule has 1 aromatic heterocycles. The van der Waals surface area contributed by atoms with Crippen LogP contribution in [0.5, 0.6) is 0 Å². The Hall–Kier alpha value is -2.98. The van der Waals surface area contributed by atoms with Crippen molar-refractivity contribution in [3.63, 3.8) is 0 Å². The van der Waals surface area contributed by atoms with Gasteiger partial charge in [0.15, 0.2) is 5.78 Å². The molecule has 0 unspecified atom stereocenters. The van der Waals surface area contributed by atoms with Gasteiger partial charge in [0.2, 0.25) is 0 Å². The summed E-state index contributed by atoms with van der Waals surface area (Å²) in [5, 5.41) is 0. The molecule has 166 valence electrons. The van der Waals surface area contributed by atoms with Crippen molar-refractivity contribution in [2.75, 3.05) is 18.0 Å². The van der Waals surface area contributed by atoms with E-state index in [-0.39, 0.29) is 11.8 Å². The molecule has 2 aromatic carbocycles. The smallest absolute Gasteiger partial charge is 0.170 e. The summed E-state index contributed by atoms with van der Waals surface area (Å²) in [5.41, 5.74) is 15.9. The highest BCUT2D eigenvalue weighted by atomic mass is 16.1. The van der Waals surface area contributed by atoms with Gasteiger partial charge < -0.3 is 10.6 Å². The van der Waals surface area contributed by atoms with Gasteiger partial charge in [-0.15, -0.1) is 0 Å². The lowest BCUT2D eigenvalue weighted by Gasteiger charge is -2.34. The van der Waals surface area contributed by atoms with Crippen LogP contribution in [0.25, 0.3) is 11.1 Å². The highest BCUT2D eigenvalue weighted by Crippen LogP contribution is 2.36. The van der Waals surface area contributed by atoms with E-state index < -0.39 is 0 Å². The number of pyridine rings is 1. The first kappa shape index (κ1) is 22.2. The van der Waals surface area contributed by atoms with Gasteiger partial charge in [-0.3, -0.25) is 9.78 Å². The number of benzene rings is 2. The van der Waals surface area contributed by atoms with Crippen LogP contribution in [0.15, 0.2) is 48.8 Å². The summed E-state index contributed by atoms with van der Waals surface area (Å²) in [4.78, 5) is 20.4. The van der Waals surface area contributed by atoms with Gasteiger partial charge in [0.25, 0.3) is 0 Å². The van der Waals surface area contributed by atoms with Crippen molar-refractivity contribution >= 4 is 11.5 Å². The van der Waals surface area contributed by atoms with Gasteiger partial charge in [-0.05, 0) is 51.7 Å². The van der Waals surface area contributed by atoms with Gasteiger partial charge in [0, 0.05) is 43.5 Å². The first-order chi connectivity index (χ1) is 15.3. The van der Waals surface area contributed by atoms with Crippen LogP contribution in [-0.2, 0) is 6.42 Å². The molecule has 0 atom stereocenters. The number of Topliss-reactive ketones (excluding diaryl/α,β-unsaturated/α-hetero) is 1. The number of aromatic nitrogens is 1. The standard InChI is InChI=1S/C28H33N3O/c1-18-9-19(2)12-22(11-18)15-27(32)26-17-30-16-25(23-13-20(3)10-21(4)14-23)28(26)31-7-5-24(29)6-8-31/h9-14,16-17,24H,5-8,15,29H2,1-4H3. The van der Waals surface area contributed by atoms with Crippen molar-refractivity contribution < 1.29 is 4.79 Å². The number of anilines is 1. The van der Waals surface area contributed by atoms with Gasteiger partial charge in [-0.2, -0.15) is 0 Å². The minimum Gasteiger partial charge on any atom is -0.370 e. The van der Waals surface area contributed by atoms with Crippen molar-refractivity contribution in [3.8, 4) is 11.1 Å². The Labute approximate surface area is 191 Å². The van der Waals surface area contributed by atoms with E-state index in [0.717, 1.165) is 48.3 Å². The number of carbonyl (C=O) groups excluding carboxylic acids is 1. The first-order valence-corrected chi connectivity index (χ1v) is 11.5. The summed E-state index contributed by atoms with van der Waals surface area (Å²) in [6.45, 7) is 10.1. The van der Waals surface area contributed by atoms with Crippen molar-refractivity contribution in [1.29, 1.82) is 0 Å². The Bertz CT molecular complexity index is 1100. The molecule has 0 aliphatic carbocycles. The molecule has 4 heteroatoms. The highest BCUT2D eigenvalue weighted by molar-refractivity contribution is 6.05. The number of rotatable bonds is 5. The Morgan fingerprint density at radius 3 is 2.06 bits per heavy atom. The molecule has 0 spiro atoms. The lowest BCUT2D eigenvalue weighted by atomic mass is 9.93. The zero-order valence-corrected chi connectivity index (χ0v) is 19.6. The van der Waals surface area contributed by atoms with Crippen LogP contribution < -0.4 is 10.6 Å². The van der Waals surface area contributed by atoms with Crippen molar-refractivity contribution in [3.05, 3.63) is 82.2 Å². The number of aryl methyl sites for hydroxylation is 4. The largest absolute Gasteiger partial charge is 0.370 e. The van der Waals surface area contributed by atoms with E-state index in [1.165, 1.54) is 22.3 Å². The Morgan fingerprint density at radius 2 is 1.47 bits per heavy atom. The molecule has 0 saturated carbocycles. The molecule has 0 radical (unpaired) electrons. The summed E-state index contributed by atoms with van der Waals surface area (Å²) in [6, 6.07) is 13.1. The molecule has 2 heterocycles. The average molecular weight is 428 g/mol. The molecule has 32 heavy (non-hydrogen) atoms. The number of hydrogen-bond donors (Lipinski definition) is 1. The summed E-state index contributed by atoms with van der Waals surface area (Å²) < 4.78 is 0. The lowest BCUT2D eigenvalue weighted by molar-refractivity contribution is 0.0993. The molecule has 1 saturated heterocycles. The minimum absolute atomic E-state index is 0.110. The number of ketones is 1. The summed E-state index contributed by atoms with van der Waals surface area (Å²) >= 11 is 0. The average Bonchev–Trinajstić information content (AvgIpc) is 2.72. The number of piperidine rings is 1. The van der Waals surface area contributed by atoms with Crippen LogP contribution in [0.4, 0.5) is 5.69 Å². The van der Waals surface area contributed by atoms with Crippen LogP contribution in [0, 0.1) is 27.7 Å². The molecular formula is C28H33N3O. The second-order valence-electron chi connectivity index (χ2n) is 9.38. The molecule has 0 bridgehead atoms. The topological polar surface area (TPSA) is 59.2 Å². The number of hydrogen-bond acceptors (Lipinski definition) is 4. The van der Waals surface area contributed by atoms with E-state index in [4.69, 9.17) is 5.73 Å². The normalized spacial score (nSPS) is 14.6. The van der Waals surface area contributed by atoms with Crippen LogP contribution in [0.2, 0.25) is 0 Å². The summed E-state index contributed by atoms with van der Waals surface area (Å²) in [7, 11) is 0. The van der Waals surface area contributed by atoms with Crippen LogP contribution in [0.3, 0.4) is 0 Å². The van der Waals surface area contributed by atoms with E-state index in [1.807, 2.05) is 6.20 Å². The molecule has 1 fully saturated rings. The number of carbonyl (C=O) groups is 1. The van der Waals surface area contributed by atoms with Crippen LogP contribution >= 0.6 is 0 Å². The SMILES string of the molecule is Cc1cc(C)cc(CC(=O)c2cncc(-c3cc(C)cc(C)c3)c2N2CCC(N)CC2)c1. The quantitative estimate of drug-likeness (QED) is 0.559.